The third kappa shape index (κ3) is 4.86. The second-order valence-electron chi connectivity index (χ2n) is 5.42. The van der Waals surface area contributed by atoms with Gasteiger partial charge >= 0.3 is 0 Å². The molecule has 0 bridgehead atoms. The van der Waals surface area contributed by atoms with Crippen LogP contribution in [0, 0.1) is 0 Å². The molecule has 1 heterocycles. The van der Waals surface area contributed by atoms with Crippen LogP contribution in [-0.2, 0) is 4.79 Å². The van der Waals surface area contributed by atoms with Crippen LogP contribution in [0.4, 0.5) is 0 Å². The van der Waals surface area contributed by atoms with Gasteiger partial charge in [0.1, 0.15) is 5.75 Å². The third-order valence-corrected chi connectivity index (χ3v) is 4.12. The Bertz CT molecular complexity index is 525. The molecule has 0 unspecified atom stereocenters. The fourth-order valence-corrected chi connectivity index (χ4v) is 2.71. The number of halogens is 1. The van der Waals surface area contributed by atoms with E-state index < -0.39 is 0 Å². The first-order valence-electron chi connectivity index (χ1n) is 8.01. The number of nitrogens with zero attached hydrogens (tertiary/aromatic N) is 2. The lowest BCUT2D eigenvalue weighted by Crippen LogP contribution is -2.50. The molecule has 1 saturated heterocycles. The lowest BCUT2D eigenvalue weighted by atomic mass is 10.1. The average Bonchev–Trinajstić information content (AvgIpc) is 2.60. The number of amides is 2. The molecule has 1 aromatic rings. The van der Waals surface area contributed by atoms with E-state index in [1.54, 1.807) is 17.0 Å². The van der Waals surface area contributed by atoms with Crippen molar-refractivity contribution in [1.29, 1.82) is 0 Å². The summed E-state index contributed by atoms with van der Waals surface area (Å²) in [6.45, 7) is 4.84. The Balaban J connectivity index is 1.86. The summed E-state index contributed by atoms with van der Waals surface area (Å²) in [5.74, 6) is 1.39. The summed E-state index contributed by atoms with van der Waals surface area (Å²) in [5.41, 5.74) is 0.648. The van der Waals surface area contributed by atoms with Crippen molar-refractivity contribution in [3.63, 3.8) is 0 Å². The van der Waals surface area contributed by atoms with Gasteiger partial charge in [0.2, 0.25) is 5.91 Å². The van der Waals surface area contributed by atoms with Gasteiger partial charge in [-0.05, 0) is 37.6 Å². The van der Waals surface area contributed by atoms with Crippen molar-refractivity contribution in [3.05, 3.63) is 29.8 Å². The predicted octanol–water partition coefficient (Wildman–Crippen LogP) is 2.39. The highest BCUT2D eigenvalue weighted by Gasteiger charge is 2.24. The summed E-state index contributed by atoms with van der Waals surface area (Å²) in [6, 6.07) is 7.18. The maximum atomic E-state index is 12.5. The number of hydrogen-bond acceptors (Lipinski definition) is 3. The second-order valence-corrected chi connectivity index (χ2v) is 5.80. The van der Waals surface area contributed by atoms with E-state index in [1.165, 1.54) is 0 Å². The van der Waals surface area contributed by atoms with Gasteiger partial charge in [-0.15, -0.1) is 11.6 Å². The molecular weight excluding hydrogens is 316 g/mol. The predicted molar refractivity (Wildman–Crippen MR) is 90.0 cm³/mol. The number of piperazine rings is 1. The van der Waals surface area contributed by atoms with Gasteiger partial charge in [-0.2, -0.15) is 0 Å². The molecule has 0 aromatic heterocycles. The van der Waals surface area contributed by atoms with Gasteiger partial charge < -0.3 is 14.5 Å². The first-order valence-corrected chi connectivity index (χ1v) is 8.55. The van der Waals surface area contributed by atoms with E-state index in [9.17, 15) is 9.59 Å². The van der Waals surface area contributed by atoms with Crippen LogP contribution in [0.25, 0.3) is 0 Å². The fraction of sp³-hybridized carbons (Fsp3) is 0.529. The summed E-state index contributed by atoms with van der Waals surface area (Å²) in [6.07, 6.45) is 1.18. The number of carbonyl (C=O) groups excluding carboxylic acids is 2. The maximum absolute atomic E-state index is 12.5. The fourth-order valence-electron chi connectivity index (χ4n) is 2.58. The van der Waals surface area contributed by atoms with Gasteiger partial charge in [0.25, 0.3) is 5.91 Å². The Hall–Kier alpha value is -1.75. The first kappa shape index (κ1) is 17.6. The van der Waals surface area contributed by atoms with Crippen molar-refractivity contribution < 1.29 is 14.3 Å². The minimum Gasteiger partial charge on any atom is -0.494 e. The second kappa shape index (κ2) is 8.77. The Morgan fingerprint density at radius 3 is 2.26 bits per heavy atom. The average molecular weight is 339 g/mol. The number of alkyl halides is 1. The quantitative estimate of drug-likeness (QED) is 0.748. The molecule has 1 fully saturated rings. The molecule has 23 heavy (non-hydrogen) atoms. The highest BCUT2D eigenvalue weighted by molar-refractivity contribution is 6.17. The minimum absolute atomic E-state index is 0.000839. The highest BCUT2D eigenvalue weighted by atomic mass is 35.5. The van der Waals surface area contributed by atoms with Gasteiger partial charge in [0.05, 0.1) is 6.61 Å². The summed E-state index contributed by atoms with van der Waals surface area (Å²) >= 11 is 5.62. The molecular formula is C17H23ClN2O3. The normalized spacial score (nSPS) is 14.7. The van der Waals surface area contributed by atoms with Crippen LogP contribution >= 0.6 is 11.6 Å². The standard InChI is InChI=1S/C17H23ClN2O3/c1-2-23-15-7-5-14(6-8-15)17(22)20-12-10-19(11-13-20)16(21)4-3-9-18/h5-8H,2-4,9-13H2,1H3. The lowest BCUT2D eigenvalue weighted by Gasteiger charge is -2.35. The molecule has 0 N–H and O–H groups in total. The van der Waals surface area contributed by atoms with Crippen molar-refractivity contribution in [2.24, 2.45) is 0 Å². The van der Waals surface area contributed by atoms with E-state index in [0.717, 1.165) is 5.75 Å². The van der Waals surface area contributed by atoms with Crippen LogP contribution in [0.15, 0.2) is 24.3 Å². The maximum Gasteiger partial charge on any atom is 0.253 e. The Kier molecular flexibility index (Phi) is 6.71. The van der Waals surface area contributed by atoms with Gasteiger partial charge in [0, 0.05) is 44.0 Å². The van der Waals surface area contributed by atoms with Crippen LogP contribution < -0.4 is 4.74 Å². The molecule has 0 spiro atoms. The van der Waals surface area contributed by atoms with Gasteiger partial charge in [-0.25, -0.2) is 0 Å². The van der Waals surface area contributed by atoms with Crippen LogP contribution in [0.2, 0.25) is 0 Å². The molecule has 2 amide bonds. The van der Waals surface area contributed by atoms with E-state index in [-0.39, 0.29) is 11.8 Å². The monoisotopic (exact) mass is 338 g/mol. The van der Waals surface area contributed by atoms with Crippen LogP contribution in [0.3, 0.4) is 0 Å². The molecule has 0 aliphatic carbocycles. The number of carbonyl (C=O) groups is 2. The zero-order chi connectivity index (χ0) is 16.7. The molecule has 1 aliphatic rings. The molecule has 1 aliphatic heterocycles. The molecule has 0 atom stereocenters. The molecule has 2 rings (SSSR count). The van der Waals surface area contributed by atoms with Gasteiger partial charge in [0.15, 0.2) is 0 Å². The third-order valence-electron chi connectivity index (χ3n) is 3.86. The van der Waals surface area contributed by atoms with Crippen LogP contribution in [0.5, 0.6) is 5.75 Å². The van der Waals surface area contributed by atoms with E-state index in [2.05, 4.69) is 0 Å². The van der Waals surface area contributed by atoms with E-state index in [1.807, 2.05) is 24.0 Å². The number of hydrogen-bond donors (Lipinski definition) is 0. The summed E-state index contributed by atoms with van der Waals surface area (Å²) in [4.78, 5) is 28.0. The Morgan fingerprint density at radius 2 is 1.70 bits per heavy atom. The van der Waals surface area contributed by atoms with Crippen molar-refractivity contribution in [1.82, 2.24) is 9.80 Å². The Morgan fingerprint density at radius 1 is 1.09 bits per heavy atom. The smallest absolute Gasteiger partial charge is 0.253 e. The molecule has 0 saturated carbocycles. The zero-order valence-corrected chi connectivity index (χ0v) is 14.2. The first-order chi connectivity index (χ1) is 11.2. The Labute approximate surface area is 142 Å². The van der Waals surface area contributed by atoms with Crippen LogP contribution in [0.1, 0.15) is 30.1 Å². The van der Waals surface area contributed by atoms with Gasteiger partial charge in [-0.3, -0.25) is 9.59 Å². The van der Waals surface area contributed by atoms with Crippen molar-refractivity contribution in [2.75, 3.05) is 38.7 Å². The molecule has 0 radical (unpaired) electrons. The number of benzene rings is 1. The lowest BCUT2D eigenvalue weighted by molar-refractivity contribution is -0.132. The van der Waals surface area contributed by atoms with E-state index in [0.29, 0.717) is 57.1 Å². The molecule has 5 nitrogen and oxygen atoms in total. The van der Waals surface area contributed by atoms with Crippen molar-refractivity contribution in [2.45, 2.75) is 19.8 Å². The molecule has 6 heteroatoms. The van der Waals surface area contributed by atoms with Crippen molar-refractivity contribution >= 4 is 23.4 Å². The molecule has 126 valence electrons. The van der Waals surface area contributed by atoms with Gasteiger partial charge in [-0.1, -0.05) is 0 Å². The largest absolute Gasteiger partial charge is 0.494 e. The highest BCUT2D eigenvalue weighted by Crippen LogP contribution is 2.15. The zero-order valence-electron chi connectivity index (χ0n) is 13.5. The minimum atomic E-state index is 0.000839. The van der Waals surface area contributed by atoms with E-state index in [4.69, 9.17) is 16.3 Å². The topological polar surface area (TPSA) is 49.9 Å². The SMILES string of the molecule is CCOc1ccc(C(=O)N2CCN(C(=O)CCCCl)CC2)cc1. The number of ether oxygens (including phenoxy) is 1. The molecule has 1 aromatic carbocycles. The summed E-state index contributed by atoms with van der Waals surface area (Å²) in [7, 11) is 0. The van der Waals surface area contributed by atoms with Crippen LogP contribution in [-0.4, -0.2) is 60.3 Å². The summed E-state index contributed by atoms with van der Waals surface area (Å²) in [5, 5.41) is 0. The van der Waals surface area contributed by atoms with Crippen molar-refractivity contribution in [3.8, 4) is 5.75 Å². The van der Waals surface area contributed by atoms with E-state index >= 15 is 0 Å². The summed E-state index contributed by atoms with van der Waals surface area (Å²) < 4.78 is 5.38. The number of rotatable bonds is 6.